The van der Waals surface area contributed by atoms with Crippen molar-refractivity contribution in [3.8, 4) is 0 Å². The number of aliphatic carboxylic acids is 1. The number of carboxylic acid groups (broad SMARTS) is 1. The van der Waals surface area contributed by atoms with Crippen molar-refractivity contribution in [1.82, 2.24) is 30.0 Å². The second-order valence-electron chi connectivity index (χ2n) is 7.92. The van der Waals surface area contributed by atoms with E-state index in [0.29, 0.717) is 23.0 Å². The molecule has 4 heterocycles. The Hall–Kier alpha value is -2.63. The van der Waals surface area contributed by atoms with E-state index in [2.05, 4.69) is 15.5 Å². The van der Waals surface area contributed by atoms with Gasteiger partial charge in [0.05, 0.1) is 6.04 Å². The van der Waals surface area contributed by atoms with Gasteiger partial charge >= 0.3 is 12.1 Å². The van der Waals surface area contributed by atoms with Gasteiger partial charge < -0.3 is 9.84 Å². The molecule has 28 heavy (non-hydrogen) atoms. The van der Waals surface area contributed by atoms with Crippen LogP contribution in [0, 0.1) is 5.92 Å². The molecule has 11 nitrogen and oxygen atoms in total. The molecule has 2 saturated heterocycles. The summed E-state index contributed by atoms with van der Waals surface area (Å²) in [6.07, 6.45) is -0.0337. The number of carboxylic acids is 1. The first-order valence-electron chi connectivity index (χ1n) is 8.80. The fourth-order valence-corrected chi connectivity index (χ4v) is 5.04. The van der Waals surface area contributed by atoms with Crippen LogP contribution in [-0.2, 0) is 21.4 Å². The summed E-state index contributed by atoms with van der Waals surface area (Å²) in [7, 11) is 1.66. The first kappa shape index (κ1) is 18.7. The minimum absolute atomic E-state index is 0.0460. The lowest BCUT2D eigenvalue weighted by Gasteiger charge is -2.53. The predicted molar refractivity (Wildman–Crippen MR) is 94.8 cm³/mol. The Morgan fingerprint density at radius 3 is 2.61 bits per heavy atom. The lowest BCUT2D eigenvalue weighted by molar-refractivity contribution is -0.162. The maximum Gasteiger partial charge on any atom is 0.411 e. The Balaban J connectivity index is 1.64. The Morgan fingerprint density at radius 2 is 2.04 bits per heavy atom. The third kappa shape index (κ3) is 2.74. The zero-order valence-electron chi connectivity index (χ0n) is 15.8. The van der Waals surface area contributed by atoms with Crippen LogP contribution in [0.2, 0.25) is 0 Å². The second-order valence-corrected chi connectivity index (χ2v) is 8.93. The van der Waals surface area contributed by atoms with Crippen LogP contribution in [0.5, 0.6) is 0 Å². The van der Waals surface area contributed by atoms with E-state index in [-0.39, 0.29) is 11.6 Å². The van der Waals surface area contributed by atoms with Gasteiger partial charge in [-0.2, -0.15) is 0 Å². The van der Waals surface area contributed by atoms with Gasteiger partial charge in [-0.1, -0.05) is 0 Å². The molecule has 12 heteroatoms. The Labute approximate surface area is 164 Å². The van der Waals surface area contributed by atoms with Crippen LogP contribution in [0.15, 0.2) is 15.8 Å². The van der Waals surface area contributed by atoms with Gasteiger partial charge in [0.15, 0.2) is 0 Å². The van der Waals surface area contributed by atoms with E-state index in [0.717, 1.165) is 11.8 Å². The molecule has 3 aliphatic heterocycles. The van der Waals surface area contributed by atoms with E-state index in [1.54, 1.807) is 27.8 Å². The number of piperidine rings is 1. The summed E-state index contributed by atoms with van der Waals surface area (Å²) in [4.78, 5) is 40.5. The molecule has 1 unspecified atom stereocenters. The molecule has 1 N–H and O–H groups in total. The van der Waals surface area contributed by atoms with Crippen LogP contribution in [0.1, 0.15) is 27.2 Å². The third-order valence-electron chi connectivity index (χ3n) is 4.97. The molecule has 0 saturated carbocycles. The number of thioether (sulfide) groups is 1. The van der Waals surface area contributed by atoms with Crippen LogP contribution in [0.4, 0.5) is 4.79 Å². The van der Waals surface area contributed by atoms with Crippen molar-refractivity contribution in [2.75, 3.05) is 6.54 Å². The molecule has 3 aliphatic rings. The van der Waals surface area contributed by atoms with Crippen molar-refractivity contribution in [2.45, 2.75) is 50.0 Å². The molecule has 2 amide bonds. The molecule has 0 aromatic carbocycles. The summed E-state index contributed by atoms with van der Waals surface area (Å²) in [5.74, 6) is -1.76. The van der Waals surface area contributed by atoms with Crippen molar-refractivity contribution < 1.29 is 24.2 Å². The molecule has 4 rings (SSSR count). The molecular weight excluding hydrogens is 388 g/mol. The molecule has 0 bridgehead atoms. The number of carbonyl (C=O) groups is 3. The lowest BCUT2D eigenvalue weighted by Crippen LogP contribution is -2.73. The minimum Gasteiger partial charge on any atom is -0.477 e. The number of aromatic nitrogens is 4. The fourth-order valence-electron chi connectivity index (χ4n) is 3.90. The molecule has 2 fully saturated rings. The van der Waals surface area contributed by atoms with Gasteiger partial charge in [0.25, 0.3) is 5.91 Å². The lowest BCUT2D eigenvalue weighted by atomic mass is 9.81. The number of likely N-dealkylation sites (tertiary alicyclic amines) is 1. The quantitative estimate of drug-likeness (QED) is 0.708. The number of amides is 2. The standard InChI is InChI=1S/C16H20N6O5S/c1-16(2,3)27-15(26)21-6-5-7-8-9(21)12(23)22(8)10(13(24)25)11(7)28-14-17-18-19-20(14)4/h7-9H,5-6H2,1-4H3,(H,24,25)/t7?,8-,9+/m1/s1. The highest BCUT2D eigenvalue weighted by molar-refractivity contribution is 8.03. The van der Waals surface area contributed by atoms with Gasteiger partial charge in [-0.15, -0.1) is 5.10 Å². The molecule has 0 radical (unpaired) electrons. The number of β-lactam (4-membered cyclic amide) rings is 1. The molecule has 150 valence electrons. The molecule has 0 spiro atoms. The maximum atomic E-state index is 12.8. The van der Waals surface area contributed by atoms with Gasteiger partial charge in [-0.3, -0.25) is 14.6 Å². The highest BCUT2D eigenvalue weighted by atomic mass is 32.2. The Bertz CT molecular complexity index is 906. The van der Waals surface area contributed by atoms with Crippen molar-refractivity contribution >= 4 is 29.7 Å². The summed E-state index contributed by atoms with van der Waals surface area (Å²) >= 11 is 1.16. The first-order valence-corrected chi connectivity index (χ1v) is 9.62. The second kappa shape index (κ2) is 6.19. The number of hydrogen-bond acceptors (Lipinski definition) is 8. The number of nitrogens with zero attached hydrogens (tertiary/aromatic N) is 6. The molecule has 1 aromatic rings. The summed E-state index contributed by atoms with van der Waals surface area (Å²) in [6.45, 7) is 5.59. The average molecular weight is 408 g/mol. The molecule has 0 aliphatic carbocycles. The minimum atomic E-state index is -1.18. The summed E-state index contributed by atoms with van der Waals surface area (Å²) in [6, 6.07) is -1.11. The van der Waals surface area contributed by atoms with Crippen molar-refractivity contribution in [2.24, 2.45) is 13.0 Å². The van der Waals surface area contributed by atoms with Gasteiger partial charge in [0, 0.05) is 24.4 Å². The van der Waals surface area contributed by atoms with Crippen LogP contribution >= 0.6 is 11.8 Å². The molecule has 3 atom stereocenters. The Kier molecular flexibility index (Phi) is 4.14. The maximum absolute atomic E-state index is 12.8. The zero-order chi connectivity index (χ0) is 20.4. The number of rotatable bonds is 3. The third-order valence-corrected chi connectivity index (χ3v) is 6.21. The van der Waals surface area contributed by atoms with Crippen molar-refractivity contribution in [3.63, 3.8) is 0 Å². The molecule has 1 aromatic heterocycles. The zero-order valence-corrected chi connectivity index (χ0v) is 16.6. The number of aryl methyl sites for hydroxylation is 1. The monoisotopic (exact) mass is 408 g/mol. The van der Waals surface area contributed by atoms with Gasteiger partial charge in [0.2, 0.25) is 5.16 Å². The summed E-state index contributed by atoms with van der Waals surface area (Å²) in [5, 5.41) is 21.4. The van der Waals surface area contributed by atoms with E-state index in [1.165, 1.54) is 14.5 Å². The van der Waals surface area contributed by atoms with E-state index < -0.39 is 35.7 Å². The average Bonchev–Trinajstić information content (AvgIpc) is 3.13. The van der Waals surface area contributed by atoms with Gasteiger partial charge in [-0.25, -0.2) is 14.3 Å². The number of ether oxygens (including phenoxy) is 1. The van der Waals surface area contributed by atoms with E-state index in [9.17, 15) is 19.5 Å². The smallest absolute Gasteiger partial charge is 0.411 e. The number of tetrazole rings is 1. The van der Waals surface area contributed by atoms with E-state index >= 15 is 0 Å². The number of carbonyl (C=O) groups excluding carboxylic acids is 2. The van der Waals surface area contributed by atoms with E-state index in [4.69, 9.17) is 4.74 Å². The predicted octanol–water partition coefficient (Wildman–Crippen LogP) is 0.448. The summed E-state index contributed by atoms with van der Waals surface area (Å²) < 4.78 is 6.87. The summed E-state index contributed by atoms with van der Waals surface area (Å²) in [5.41, 5.74) is -0.727. The first-order chi connectivity index (χ1) is 13.1. The molecular formula is C16H20N6O5S. The van der Waals surface area contributed by atoms with Crippen molar-refractivity contribution in [1.29, 1.82) is 0 Å². The van der Waals surface area contributed by atoms with Crippen LogP contribution in [0.3, 0.4) is 0 Å². The van der Waals surface area contributed by atoms with E-state index in [1.807, 2.05) is 0 Å². The van der Waals surface area contributed by atoms with Crippen LogP contribution in [-0.4, -0.2) is 77.3 Å². The highest BCUT2D eigenvalue weighted by Gasteiger charge is 2.65. The largest absolute Gasteiger partial charge is 0.477 e. The fraction of sp³-hybridized carbons (Fsp3) is 0.625. The van der Waals surface area contributed by atoms with Crippen LogP contribution in [0.25, 0.3) is 0 Å². The normalized spacial score (nSPS) is 26.3. The topological polar surface area (TPSA) is 131 Å². The SMILES string of the molecule is Cn1nnnc1SC1=C(C(=O)O)N2C(=O)[C@@H]3[C@H]2C1CCN3C(=O)OC(C)(C)C. The van der Waals surface area contributed by atoms with Crippen LogP contribution < -0.4 is 0 Å². The van der Waals surface area contributed by atoms with Gasteiger partial charge in [0.1, 0.15) is 17.3 Å². The number of hydrogen-bond donors (Lipinski definition) is 1. The Morgan fingerprint density at radius 1 is 1.32 bits per heavy atom. The van der Waals surface area contributed by atoms with Crippen molar-refractivity contribution in [3.05, 3.63) is 10.6 Å². The van der Waals surface area contributed by atoms with Gasteiger partial charge in [-0.05, 0) is 49.4 Å². The highest BCUT2D eigenvalue weighted by Crippen LogP contribution is 2.53.